The van der Waals surface area contributed by atoms with Crippen molar-refractivity contribution in [1.29, 1.82) is 0 Å². The van der Waals surface area contributed by atoms with Crippen LogP contribution in [0.15, 0.2) is 0 Å². The number of nitrogens with zero attached hydrogens (tertiary/aromatic N) is 1. The largest absolute Gasteiger partial charge is 0.350 e. The van der Waals surface area contributed by atoms with E-state index in [9.17, 15) is 17.2 Å². The van der Waals surface area contributed by atoms with E-state index in [-0.39, 0.29) is 18.5 Å². The summed E-state index contributed by atoms with van der Waals surface area (Å²) in [6, 6.07) is 0. The van der Waals surface area contributed by atoms with Gasteiger partial charge in [-0.25, -0.2) is 8.42 Å². The lowest BCUT2D eigenvalue weighted by Crippen LogP contribution is -2.50. The highest BCUT2D eigenvalue weighted by atomic mass is 35.5. The van der Waals surface area contributed by atoms with Crippen LogP contribution >= 0.6 is 11.6 Å². The van der Waals surface area contributed by atoms with Gasteiger partial charge in [-0.2, -0.15) is 13.1 Å². The third-order valence-corrected chi connectivity index (χ3v) is 4.94. The van der Waals surface area contributed by atoms with Gasteiger partial charge >= 0.3 is 5.76 Å². The van der Waals surface area contributed by atoms with Gasteiger partial charge in [-0.05, 0) is 11.8 Å². The first-order chi connectivity index (χ1) is 6.68. The van der Waals surface area contributed by atoms with Gasteiger partial charge in [0, 0.05) is 18.5 Å². The molecule has 0 aromatic heterocycles. The van der Waals surface area contributed by atoms with Crippen molar-refractivity contribution >= 4 is 21.6 Å². The molecule has 1 unspecified atom stereocenters. The van der Waals surface area contributed by atoms with Crippen LogP contribution in [0.5, 0.6) is 0 Å². The molecule has 1 aliphatic rings. The lowest BCUT2D eigenvalue weighted by Gasteiger charge is -2.40. The van der Waals surface area contributed by atoms with Crippen LogP contribution in [0.25, 0.3) is 0 Å². The molecule has 0 saturated carbocycles. The van der Waals surface area contributed by atoms with Crippen molar-refractivity contribution in [3.05, 3.63) is 0 Å². The summed E-state index contributed by atoms with van der Waals surface area (Å²) in [5.41, 5.74) is -0.470. The maximum atomic E-state index is 12.3. The average Bonchev–Trinajstić information content (AvgIpc) is 2.09. The van der Waals surface area contributed by atoms with E-state index in [4.69, 9.17) is 11.6 Å². The second-order valence-corrected chi connectivity index (χ2v) is 6.81. The number of rotatable bonds is 2. The minimum Gasteiger partial charge on any atom is -0.206 e. The van der Waals surface area contributed by atoms with Crippen molar-refractivity contribution in [2.75, 3.05) is 13.1 Å². The molecule has 0 bridgehead atoms. The molecule has 0 radical (unpaired) electrons. The molecule has 1 aliphatic heterocycles. The zero-order valence-electron chi connectivity index (χ0n) is 8.58. The fourth-order valence-electron chi connectivity index (χ4n) is 1.61. The Bertz CT molecular complexity index is 332. The Morgan fingerprint density at radius 3 is 2.40 bits per heavy atom. The van der Waals surface area contributed by atoms with Gasteiger partial charge in [0.15, 0.2) is 0 Å². The number of sulfonamides is 1. The van der Waals surface area contributed by atoms with Crippen LogP contribution in [-0.4, -0.2) is 36.9 Å². The number of halogens is 3. The van der Waals surface area contributed by atoms with Crippen molar-refractivity contribution in [2.45, 2.75) is 31.4 Å². The predicted octanol–water partition coefficient (Wildman–Crippen LogP) is 1.88. The van der Waals surface area contributed by atoms with Crippen LogP contribution in [0.2, 0.25) is 0 Å². The van der Waals surface area contributed by atoms with E-state index in [0.29, 0.717) is 6.42 Å². The summed E-state index contributed by atoms with van der Waals surface area (Å²) in [4.78, 5) is 0. The molecule has 1 heterocycles. The molecule has 0 aromatic rings. The molecule has 1 atom stereocenters. The Kier molecular flexibility index (Phi) is 3.63. The van der Waals surface area contributed by atoms with Crippen LogP contribution in [0.3, 0.4) is 0 Å². The molecule has 1 fully saturated rings. The first-order valence-electron chi connectivity index (χ1n) is 4.59. The number of piperidine rings is 1. The molecule has 7 heteroatoms. The van der Waals surface area contributed by atoms with Gasteiger partial charge < -0.3 is 0 Å². The van der Waals surface area contributed by atoms with Crippen molar-refractivity contribution in [3.63, 3.8) is 0 Å². The molecular formula is C8H14ClF2NO2S. The smallest absolute Gasteiger partial charge is 0.206 e. The third kappa shape index (κ3) is 2.60. The molecule has 0 amide bonds. The molecule has 3 nitrogen and oxygen atoms in total. The Balaban J connectivity index is 2.85. The summed E-state index contributed by atoms with van der Waals surface area (Å²) in [5.74, 6) is -3.35. The van der Waals surface area contributed by atoms with Gasteiger partial charge in [-0.3, -0.25) is 0 Å². The zero-order valence-corrected chi connectivity index (χ0v) is 10.2. The van der Waals surface area contributed by atoms with E-state index in [1.165, 1.54) is 0 Å². The van der Waals surface area contributed by atoms with Crippen molar-refractivity contribution in [3.8, 4) is 0 Å². The van der Waals surface area contributed by atoms with Gasteiger partial charge in [0.1, 0.15) is 0 Å². The highest BCUT2D eigenvalue weighted by molar-refractivity contribution is 7.89. The number of alkyl halides is 3. The maximum absolute atomic E-state index is 12.3. The van der Waals surface area contributed by atoms with Crippen molar-refractivity contribution < 1.29 is 17.2 Å². The molecular weight excluding hydrogens is 248 g/mol. The quantitative estimate of drug-likeness (QED) is 0.712. The van der Waals surface area contributed by atoms with Gasteiger partial charge in [0.05, 0.1) is 0 Å². The van der Waals surface area contributed by atoms with Gasteiger partial charge in [-0.1, -0.05) is 13.8 Å². The third-order valence-electron chi connectivity index (χ3n) is 2.65. The summed E-state index contributed by atoms with van der Waals surface area (Å²) >= 11 is 5.99. The molecule has 15 heavy (non-hydrogen) atoms. The molecule has 90 valence electrons. The summed E-state index contributed by atoms with van der Waals surface area (Å²) in [5, 5.41) is -0.179. The molecule has 1 saturated heterocycles. The van der Waals surface area contributed by atoms with Gasteiger partial charge in [0.25, 0.3) is 10.0 Å². The fraction of sp³-hybridized carbons (Fsp3) is 1.00. The predicted molar refractivity (Wildman–Crippen MR) is 54.5 cm³/mol. The fourth-order valence-corrected chi connectivity index (χ4v) is 2.88. The summed E-state index contributed by atoms with van der Waals surface area (Å²) in [6.07, 6.45) is 0.403. The Labute approximate surface area is 93.4 Å². The maximum Gasteiger partial charge on any atom is 0.350 e. The van der Waals surface area contributed by atoms with Crippen LogP contribution in [0.4, 0.5) is 8.78 Å². The topological polar surface area (TPSA) is 37.4 Å². The Morgan fingerprint density at radius 1 is 1.47 bits per heavy atom. The Hall–Kier alpha value is 0.0600. The monoisotopic (exact) mass is 261 g/mol. The molecule has 0 aromatic carbocycles. The summed E-state index contributed by atoms with van der Waals surface area (Å²) < 4.78 is 47.8. The van der Waals surface area contributed by atoms with E-state index in [1.54, 1.807) is 13.8 Å². The first-order valence-corrected chi connectivity index (χ1v) is 6.53. The first kappa shape index (κ1) is 13.1. The highest BCUT2D eigenvalue weighted by Gasteiger charge is 2.42. The summed E-state index contributed by atoms with van der Waals surface area (Å²) in [7, 11) is -4.45. The highest BCUT2D eigenvalue weighted by Crippen LogP contribution is 2.35. The summed E-state index contributed by atoms with van der Waals surface area (Å²) in [6.45, 7) is 3.67. The van der Waals surface area contributed by atoms with E-state index >= 15 is 0 Å². The standard InChI is InChI=1S/C8H14ClF2NO2S/c1-8(2)5-12(4-3-6(8)9)15(13,14)7(10)11/h6-7H,3-5H2,1-2H3. The molecule has 0 aliphatic carbocycles. The molecule has 1 rings (SSSR count). The van der Waals surface area contributed by atoms with Crippen LogP contribution < -0.4 is 0 Å². The number of hydrogen-bond acceptors (Lipinski definition) is 2. The minimum atomic E-state index is -4.45. The van der Waals surface area contributed by atoms with E-state index < -0.39 is 21.2 Å². The van der Waals surface area contributed by atoms with E-state index in [0.717, 1.165) is 4.31 Å². The normalized spacial score (nSPS) is 28.3. The zero-order chi connectivity index (χ0) is 11.9. The molecule has 0 spiro atoms. The SMILES string of the molecule is CC1(C)CN(S(=O)(=O)C(F)F)CCC1Cl. The Morgan fingerprint density at radius 2 is 2.00 bits per heavy atom. The second kappa shape index (κ2) is 4.14. The second-order valence-electron chi connectivity index (χ2n) is 4.38. The average molecular weight is 262 g/mol. The number of hydrogen-bond donors (Lipinski definition) is 0. The lowest BCUT2D eigenvalue weighted by molar-refractivity contribution is 0.168. The lowest BCUT2D eigenvalue weighted by atomic mass is 9.85. The van der Waals surface area contributed by atoms with Crippen LogP contribution in [-0.2, 0) is 10.0 Å². The van der Waals surface area contributed by atoms with Crippen LogP contribution in [0.1, 0.15) is 20.3 Å². The van der Waals surface area contributed by atoms with Gasteiger partial charge in [-0.15, -0.1) is 11.6 Å². The molecule has 0 N–H and O–H groups in total. The van der Waals surface area contributed by atoms with Crippen LogP contribution in [0, 0.1) is 5.41 Å². The minimum absolute atomic E-state index is 0.0494. The van der Waals surface area contributed by atoms with Gasteiger partial charge in [0.2, 0.25) is 0 Å². The van der Waals surface area contributed by atoms with E-state index in [1.807, 2.05) is 0 Å². The van der Waals surface area contributed by atoms with E-state index in [2.05, 4.69) is 0 Å². The van der Waals surface area contributed by atoms with Crippen molar-refractivity contribution in [2.24, 2.45) is 5.41 Å². The van der Waals surface area contributed by atoms with Crippen molar-refractivity contribution in [1.82, 2.24) is 4.31 Å².